The number of nitrogens with zero attached hydrogens (tertiary/aromatic N) is 3. The Morgan fingerprint density at radius 2 is 1.70 bits per heavy atom. The normalized spacial score (nSPS) is 13.8. The zero-order valence-corrected chi connectivity index (χ0v) is 25.2. The molecule has 2 aromatic heterocycles. The van der Waals surface area contributed by atoms with E-state index in [-0.39, 0.29) is 28.9 Å². The standard InChI is InChI=1S/C27H24F3N5O6S3/c1-40-14-16-2-4-17(5-3-16)19-8-11-21-22(12-19)42-26(32-21)25(18-6-9-20(10-7-18)27(28,29)30)44(38,39)15-24-34-33-23(41-24)13-31-35-43(36)37/h2-12,25,31,35H,13-15H2,1H3,(H,36,37). The molecule has 0 aliphatic carbocycles. The third-order valence-corrected chi connectivity index (χ3v) is 9.77. The molecule has 0 bridgehead atoms. The van der Waals surface area contributed by atoms with Crippen LogP contribution in [0.5, 0.6) is 0 Å². The number of halogens is 3. The molecule has 0 aliphatic heterocycles. The van der Waals surface area contributed by atoms with Crippen molar-refractivity contribution in [3.63, 3.8) is 0 Å². The summed E-state index contributed by atoms with van der Waals surface area (Å²) >= 11 is -1.24. The first kappa shape index (κ1) is 31.8. The molecule has 0 aliphatic rings. The first-order valence-corrected chi connectivity index (χ1v) is 16.3. The third kappa shape index (κ3) is 7.55. The van der Waals surface area contributed by atoms with E-state index in [9.17, 15) is 25.8 Å². The van der Waals surface area contributed by atoms with Gasteiger partial charge in [0.25, 0.3) is 0 Å². The molecule has 5 rings (SSSR count). The number of fused-ring (bicyclic) bond motifs is 1. The predicted molar refractivity (Wildman–Crippen MR) is 157 cm³/mol. The molecule has 0 fully saturated rings. The van der Waals surface area contributed by atoms with Gasteiger partial charge in [0, 0.05) is 7.11 Å². The molecule has 0 radical (unpaired) electrons. The van der Waals surface area contributed by atoms with Gasteiger partial charge in [0.15, 0.2) is 9.84 Å². The molecule has 232 valence electrons. The number of hydrogen-bond acceptors (Lipinski definition) is 10. The van der Waals surface area contributed by atoms with E-state index in [4.69, 9.17) is 13.7 Å². The van der Waals surface area contributed by atoms with Crippen molar-refractivity contribution in [2.45, 2.75) is 30.3 Å². The van der Waals surface area contributed by atoms with E-state index < -0.39 is 43.8 Å². The first-order chi connectivity index (χ1) is 20.9. The Kier molecular flexibility index (Phi) is 9.54. The van der Waals surface area contributed by atoms with Gasteiger partial charge < -0.3 is 9.15 Å². The van der Waals surface area contributed by atoms with Crippen molar-refractivity contribution in [1.29, 1.82) is 0 Å². The molecule has 2 heterocycles. The fraction of sp³-hybridized carbons (Fsp3) is 0.222. The summed E-state index contributed by atoms with van der Waals surface area (Å²) in [6.45, 7) is 0.291. The molecule has 3 N–H and O–H groups in total. The summed E-state index contributed by atoms with van der Waals surface area (Å²) in [6.07, 6.45) is -4.60. The van der Waals surface area contributed by atoms with E-state index in [1.54, 1.807) is 13.2 Å². The van der Waals surface area contributed by atoms with Crippen molar-refractivity contribution in [1.82, 2.24) is 25.4 Å². The van der Waals surface area contributed by atoms with Gasteiger partial charge in [0.2, 0.25) is 23.0 Å². The minimum absolute atomic E-state index is 0.0676. The number of thiazole rings is 1. The average molecular weight is 668 g/mol. The van der Waals surface area contributed by atoms with E-state index in [1.807, 2.05) is 41.2 Å². The number of nitrogens with one attached hydrogen (secondary N) is 2. The fourth-order valence-electron chi connectivity index (χ4n) is 4.39. The van der Waals surface area contributed by atoms with Crippen molar-refractivity contribution in [2.24, 2.45) is 0 Å². The van der Waals surface area contributed by atoms with E-state index in [2.05, 4.69) is 20.6 Å². The molecule has 11 nitrogen and oxygen atoms in total. The van der Waals surface area contributed by atoms with Gasteiger partial charge in [-0.25, -0.2) is 23.0 Å². The second-order valence-corrected chi connectivity index (χ2v) is 13.3. The minimum atomic E-state index is -4.60. The Hall–Kier alpha value is -3.58. The predicted octanol–water partition coefficient (Wildman–Crippen LogP) is 4.95. The van der Waals surface area contributed by atoms with Gasteiger partial charge >= 0.3 is 6.18 Å². The summed E-state index contributed by atoms with van der Waals surface area (Å²) in [5, 5.41) is 6.18. The van der Waals surface area contributed by atoms with Gasteiger partial charge in [-0.3, -0.25) is 4.55 Å². The third-order valence-electron chi connectivity index (χ3n) is 6.36. The molecule has 17 heteroatoms. The van der Waals surface area contributed by atoms with Crippen LogP contribution in [0.15, 0.2) is 71.1 Å². The zero-order chi connectivity index (χ0) is 31.5. The topological polar surface area (TPSA) is 157 Å². The SMILES string of the molecule is COCc1ccc(-c2ccc3nc(C(c4ccc(C(F)(F)F)cc4)S(=O)(=O)Cc4nnc(CNNS(=O)O)o4)sc3c2)cc1. The second kappa shape index (κ2) is 13.2. The number of rotatable bonds is 12. The lowest BCUT2D eigenvalue weighted by Crippen LogP contribution is -2.32. The number of aromatic nitrogens is 3. The summed E-state index contributed by atoms with van der Waals surface area (Å²) in [5.74, 6) is -1.08. The van der Waals surface area contributed by atoms with Gasteiger partial charge in [0.05, 0.1) is 28.9 Å². The van der Waals surface area contributed by atoms with Crippen LogP contribution >= 0.6 is 11.3 Å². The van der Waals surface area contributed by atoms with Crippen LogP contribution in [-0.4, -0.2) is 39.5 Å². The Labute approximate surface area is 255 Å². The van der Waals surface area contributed by atoms with Crippen molar-refractivity contribution in [3.8, 4) is 11.1 Å². The molecule has 2 atom stereocenters. The Morgan fingerprint density at radius 3 is 2.36 bits per heavy atom. The van der Waals surface area contributed by atoms with Crippen LogP contribution in [0.3, 0.4) is 0 Å². The number of methoxy groups -OCH3 is 1. The highest BCUT2D eigenvalue weighted by atomic mass is 32.2. The van der Waals surface area contributed by atoms with E-state index >= 15 is 0 Å². The highest BCUT2D eigenvalue weighted by Crippen LogP contribution is 2.39. The van der Waals surface area contributed by atoms with E-state index in [1.165, 1.54) is 0 Å². The number of sulfone groups is 1. The Morgan fingerprint density at radius 1 is 1.02 bits per heavy atom. The highest BCUT2D eigenvalue weighted by molar-refractivity contribution is 7.91. The molecular weight excluding hydrogens is 644 g/mol. The summed E-state index contributed by atoms with van der Waals surface area (Å²) in [7, 11) is -2.62. The van der Waals surface area contributed by atoms with Crippen molar-refractivity contribution >= 4 is 42.7 Å². The molecule has 44 heavy (non-hydrogen) atoms. The number of ether oxygens (including phenoxy) is 1. The lowest BCUT2D eigenvalue weighted by molar-refractivity contribution is -0.137. The first-order valence-electron chi connectivity index (χ1n) is 12.7. The lowest BCUT2D eigenvalue weighted by Gasteiger charge is -2.16. The van der Waals surface area contributed by atoms with Crippen LogP contribution in [-0.2, 0) is 50.9 Å². The van der Waals surface area contributed by atoms with Crippen LogP contribution in [0.25, 0.3) is 21.3 Å². The summed E-state index contributed by atoms with van der Waals surface area (Å²) < 4.78 is 98.2. The van der Waals surface area contributed by atoms with Gasteiger partial charge in [0.1, 0.15) is 16.0 Å². The monoisotopic (exact) mass is 667 g/mol. The van der Waals surface area contributed by atoms with Crippen molar-refractivity contribution in [2.75, 3.05) is 7.11 Å². The quantitative estimate of drug-likeness (QED) is 0.123. The average Bonchev–Trinajstić information content (AvgIpc) is 3.58. The molecule has 0 amide bonds. The molecule has 2 unspecified atom stereocenters. The maximum atomic E-state index is 13.9. The number of benzene rings is 3. The number of hydrogen-bond donors (Lipinski definition) is 3. The number of hydrazine groups is 1. The molecule has 0 saturated heterocycles. The Bertz CT molecular complexity index is 1880. The maximum absolute atomic E-state index is 13.9. The highest BCUT2D eigenvalue weighted by Gasteiger charge is 2.36. The van der Waals surface area contributed by atoms with Gasteiger partial charge in [-0.1, -0.05) is 42.5 Å². The van der Waals surface area contributed by atoms with Gasteiger partial charge in [-0.05, 0) is 46.5 Å². The molecule has 0 saturated carbocycles. The minimum Gasteiger partial charge on any atom is -0.423 e. The lowest BCUT2D eigenvalue weighted by atomic mass is 10.0. The maximum Gasteiger partial charge on any atom is 0.416 e. The number of alkyl halides is 3. The molecular formula is C27H24F3N5O6S3. The smallest absolute Gasteiger partial charge is 0.416 e. The van der Waals surface area contributed by atoms with Gasteiger partial charge in [-0.2, -0.15) is 18.0 Å². The van der Waals surface area contributed by atoms with Gasteiger partial charge in [-0.15, -0.1) is 21.5 Å². The van der Waals surface area contributed by atoms with Crippen molar-refractivity contribution < 1.29 is 39.5 Å². The van der Waals surface area contributed by atoms with Crippen LogP contribution in [0.2, 0.25) is 0 Å². The van der Waals surface area contributed by atoms with Crippen LogP contribution in [0, 0.1) is 0 Å². The van der Waals surface area contributed by atoms with Crippen LogP contribution in [0.4, 0.5) is 13.2 Å². The largest absolute Gasteiger partial charge is 0.423 e. The fourth-order valence-corrected chi connectivity index (χ4v) is 7.75. The molecule has 5 aromatic rings. The van der Waals surface area contributed by atoms with Crippen LogP contribution < -0.4 is 10.3 Å². The second-order valence-electron chi connectivity index (χ2n) is 9.47. The Balaban J connectivity index is 1.49. The summed E-state index contributed by atoms with van der Waals surface area (Å²) in [5.41, 5.74) is 4.85. The molecule has 0 spiro atoms. The van der Waals surface area contributed by atoms with E-state index in [0.29, 0.717) is 16.8 Å². The summed E-state index contributed by atoms with van der Waals surface area (Å²) in [4.78, 5) is 6.57. The van der Waals surface area contributed by atoms with Crippen LogP contribution in [0.1, 0.15) is 38.7 Å². The van der Waals surface area contributed by atoms with E-state index in [0.717, 1.165) is 52.3 Å². The van der Waals surface area contributed by atoms with Crippen molar-refractivity contribution in [3.05, 3.63) is 100 Å². The molecule has 3 aromatic carbocycles. The zero-order valence-electron chi connectivity index (χ0n) is 22.7. The summed E-state index contributed by atoms with van der Waals surface area (Å²) in [6, 6.07) is 17.2.